The average molecular weight is 262 g/mol. The molecule has 1 aromatic carbocycles. The zero-order valence-corrected chi connectivity index (χ0v) is 10.9. The lowest BCUT2D eigenvalue weighted by atomic mass is 10.1. The van der Waals surface area contributed by atoms with Crippen molar-refractivity contribution in [1.29, 1.82) is 0 Å². The van der Waals surface area contributed by atoms with Crippen LogP contribution >= 0.6 is 11.6 Å². The Bertz CT molecular complexity index is 596. The van der Waals surface area contributed by atoms with Crippen LogP contribution in [0.2, 0.25) is 5.02 Å². The lowest BCUT2D eigenvalue weighted by molar-refractivity contribution is 0.0599. The molecule has 0 aliphatic rings. The lowest BCUT2D eigenvalue weighted by Crippen LogP contribution is -2.05. The van der Waals surface area contributed by atoms with Crippen LogP contribution in [0.15, 0.2) is 36.4 Å². The summed E-state index contributed by atoms with van der Waals surface area (Å²) in [6.45, 7) is 1.78. The number of esters is 1. The van der Waals surface area contributed by atoms with Crippen molar-refractivity contribution < 1.29 is 9.53 Å². The number of nitrogens with zero attached hydrogens (tertiary/aromatic N) is 1. The highest BCUT2D eigenvalue weighted by molar-refractivity contribution is 6.30. The van der Waals surface area contributed by atoms with E-state index in [0.29, 0.717) is 16.3 Å². The third-order valence-corrected chi connectivity index (χ3v) is 2.85. The van der Waals surface area contributed by atoms with Crippen LogP contribution in [0.25, 0.3) is 11.3 Å². The highest BCUT2D eigenvalue weighted by Gasteiger charge is 2.11. The highest BCUT2D eigenvalue weighted by Crippen LogP contribution is 2.22. The first-order chi connectivity index (χ1) is 8.61. The second-order valence-corrected chi connectivity index (χ2v) is 4.27. The van der Waals surface area contributed by atoms with Crippen molar-refractivity contribution in [2.75, 3.05) is 7.11 Å². The van der Waals surface area contributed by atoms with Crippen molar-refractivity contribution in [2.45, 2.75) is 6.92 Å². The maximum Gasteiger partial charge on any atom is 0.339 e. The summed E-state index contributed by atoms with van der Waals surface area (Å²) in [4.78, 5) is 15.8. The molecule has 4 heteroatoms. The quantitative estimate of drug-likeness (QED) is 0.777. The van der Waals surface area contributed by atoms with Crippen molar-refractivity contribution in [2.24, 2.45) is 0 Å². The van der Waals surface area contributed by atoms with Crippen LogP contribution in [0.1, 0.15) is 16.1 Å². The minimum absolute atomic E-state index is 0.377. The summed E-state index contributed by atoms with van der Waals surface area (Å²) in [6.07, 6.45) is 0. The normalized spacial score (nSPS) is 10.2. The number of carbonyl (C=O) groups excluding carboxylic acids is 1. The standard InChI is InChI=1S/C14H12ClNO2/c1-9-12(14(17)18-2)6-7-13(16-9)10-4-3-5-11(15)8-10/h3-8H,1-2H3. The van der Waals surface area contributed by atoms with E-state index in [1.54, 1.807) is 25.1 Å². The Hall–Kier alpha value is -1.87. The topological polar surface area (TPSA) is 39.2 Å². The Labute approximate surface area is 110 Å². The molecule has 0 saturated heterocycles. The van der Waals surface area contributed by atoms with Crippen LogP contribution in [0.4, 0.5) is 0 Å². The second kappa shape index (κ2) is 5.19. The van der Waals surface area contributed by atoms with Gasteiger partial charge in [0.25, 0.3) is 0 Å². The molecule has 0 aliphatic carbocycles. The monoisotopic (exact) mass is 261 g/mol. The molecular weight excluding hydrogens is 250 g/mol. The first-order valence-electron chi connectivity index (χ1n) is 5.43. The maximum atomic E-state index is 11.5. The summed E-state index contributed by atoms with van der Waals surface area (Å²) >= 11 is 5.94. The zero-order valence-electron chi connectivity index (χ0n) is 10.1. The molecular formula is C14H12ClNO2. The van der Waals surface area contributed by atoms with E-state index in [9.17, 15) is 4.79 Å². The highest BCUT2D eigenvalue weighted by atomic mass is 35.5. The molecule has 0 atom stereocenters. The molecule has 0 amide bonds. The Balaban J connectivity index is 2.43. The average Bonchev–Trinajstić information content (AvgIpc) is 2.37. The van der Waals surface area contributed by atoms with E-state index in [-0.39, 0.29) is 5.97 Å². The van der Waals surface area contributed by atoms with Crippen molar-refractivity contribution in [3.05, 3.63) is 52.7 Å². The van der Waals surface area contributed by atoms with E-state index in [1.165, 1.54) is 7.11 Å². The summed E-state index contributed by atoms with van der Waals surface area (Å²) in [5.74, 6) is -0.377. The summed E-state index contributed by atoms with van der Waals surface area (Å²) < 4.78 is 4.68. The molecule has 1 aromatic heterocycles. The summed E-state index contributed by atoms with van der Waals surface area (Å²) in [5, 5.41) is 0.656. The Morgan fingerprint density at radius 3 is 2.67 bits per heavy atom. The van der Waals surface area contributed by atoms with Gasteiger partial charge in [-0.3, -0.25) is 4.98 Å². The first kappa shape index (κ1) is 12.6. The Morgan fingerprint density at radius 2 is 2.06 bits per heavy atom. The van der Waals surface area contributed by atoms with Gasteiger partial charge in [0.1, 0.15) is 0 Å². The van der Waals surface area contributed by atoms with Crippen LogP contribution < -0.4 is 0 Å². The third kappa shape index (κ3) is 2.51. The van der Waals surface area contributed by atoms with E-state index < -0.39 is 0 Å². The molecule has 0 aliphatic heterocycles. The van der Waals surface area contributed by atoms with E-state index in [0.717, 1.165) is 11.3 Å². The molecule has 1 heterocycles. The minimum atomic E-state index is -0.377. The molecule has 0 bridgehead atoms. The van der Waals surface area contributed by atoms with Crippen molar-refractivity contribution in [1.82, 2.24) is 4.98 Å². The summed E-state index contributed by atoms with van der Waals surface area (Å²) in [7, 11) is 1.35. The zero-order chi connectivity index (χ0) is 13.1. The number of aryl methyl sites for hydroxylation is 1. The largest absolute Gasteiger partial charge is 0.465 e. The van der Waals surface area contributed by atoms with E-state index >= 15 is 0 Å². The fourth-order valence-electron chi connectivity index (χ4n) is 1.70. The molecule has 0 unspecified atom stereocenters. The SMILES string of the molecule is COC(=O)c1ccc(-c2cccc(Cl)c2)nc1C. The van der Waals surface area contributed by atoms with Gasteiger partial charge in [-0.15, -0.1) is 0 Å². The summed E-state index contributed by atoms with van der Waals surface area (Å²) in [6, 6.07) is 10.9. The molecule has 18 heavy (non-hydrogen) atoms. The van der Waals surface area contributed by atoms with E-state index in [2.05, 4.69) is 9.72 Å². The van der Waals surface area contributed by atoms with Crippen LogP contribution in [-0.2, 0) is 4.74 Å². The van der Waals surface area contributed by atoms with Crippen LogP contribution in [-0.4, -0.2) is 18.1 Å². The van der Waals surface area contributed by atoms with Gasteiger partial charge in [-0.05, 0) is 31.2 Å². The van der Waals surface area contributed by atoms with Gasteiger partial charge in [-0.1, -0.05) is 23.7 Å². The van der Waals surface area contributed by atoms with Crippen LogP contribution in [0.3, 0.4) is 0 Å². The number of rotatable bonds is 2. The number of benzene rings is 1. The first-order valence-corrected chi connectivity index (χ1v) is 5.81. The van der Waals surface area contributed by atoms with Crippen molar-refractivity contribution >= 4 is 17.6 Å². The molecule has 3 nitrogen and oxygen atoms in total. The van der Waals surface area contributed by atoms with Crippen LogP contribution in [0, 0.1) is 6.92 Å². The van der Waals surface area contributed by atoms with Gasteiger partial charge >= 0.3 is 5.97 Å². The molecule has 0 spiro atoms. The van der Waals surface area contributed by atoms with Gasteiger partial charge in [0.05, 0.1) is 24.1 Å². The molecule has 2 aromatic rings. The number of halogens is 1. The fourth-order valence-corrected chi connectivity index (χ4v) is 1.89. The van der Waals surface area contributed by atoms with Gasteiger partial charge in [-0.25, -0.2) is 4.79 Å². The van der Waals surface area contributed by atoms with E-state index in [4.69, 9.17) is 11.6 Å². The second-order valence-electron chi connectivity index (χ2n) is 3.83. The maximum absolute atomic E-state index is 11.5. The molecule has 92 valence electrons. The van der Waals surface area contributed by atoms with Gasteiger partial charge in [0, 0.05) is 10.6 Å². The van der Waals surface area contributed by atoms with Crippen molar-refractivity contribution in [3.8, 4) is 11.3 Å². The van der Waals surface area contributed by atoms with Gasteiger partial charge in [-0.2, -0.15) is 0 Å². The van der Waals surface area contributed by atoms with Gasteiger partial charge in [0.15, 0.2) is 0 Å². The van der Waals surface area contributed by atoms with Gasteiger partial charge < -0.3 is 4.74 Å². The number of pyridine rings is 1. The number of ether oxygens (including phenoxy) is 1. The smallest absolute Gasteiger partial charge is 0.339 e. The fraction of sp³-hybridized carbons (Fsp3) is 0.143. The molecule has 0 N–H and O–H groups in total. The molecule has 0 fully saturated rings. The molecule has 0 radical (unpaired) electrons. The predicted octanol–water partition coefficient (Wildman–Crippen LogP) is 3.50. The van der Waals surface area contributed by atoms with Crippen LogP contribution in [0.5, 0.6) is 0 Å². The van der Waals surface area contributed by atoms with Crippen molar-refractivity contribution in [3.63, 3.8) is 0 Å². The number of carbonyl (C=O) groups is 1. The minimum Gasteiger partial charge on any atom is -0.465 e. The molecule has 0 saturated carbocycles. The Morgan fingerprint density at radius 1 is 1.28 bits per heavy atom. The summed E-state index contributed by atoms with van der Waals surface area (Å²) in [5.41, 5.74) is 2.81. The predicted molar refractivity (Wildman–Crippen MR) is 70.8 cm³/mol. The number of methoxy groups -OCH3 is 1. The van der Waals surface area contributed by atoms with E-state index in [1.807, 2.05) is 18.2 Å². The number of hydrogen-bond donors (Lipinski definition) is 0. The van der Waals surface area contributed by atoms with Gasteiger partial charge in [0.2, 0.25) is 0 Å². The Kier molecular flexibility index (Phi) is 3.63. The molecule has 2 rings (SSSR count). The number of hydrogen-bond acceptors (Lipinski definition) is 3. The lowest BCUT2D eigenvalue weighted by Gasteiger charge is -2.06. The number of aromatic nitrogens is 1. The third-order valence-electron chi connectivity index (χ3n) is 2.61.